The van der Waals surface area contributed by atoms with Crippen LogP contribution in [0.5, 0.6) is 11.5 Å². The number of hydrogen-bond acceptors (Lipinski definition) is 4. The number of aliphatic carboxylic acids is 1. The van der Waals surface area contributed by atoms with Gasteiger partial charge in [0.25, 0.3) is 5.78 Å². The molecule has 1 rings (SSSR count). The van der Waals surface area contributed by atoms with Gasteiger partial charge in [-0.3, -0.25) is 4.79 Å². The van der Waals surface area contributed by atoms with E-state index in [4.69, 9.17) is 14.6 Å². The molecule has 0 aliphatic heterocycles. The van der Waals surface area contributed by atoms with Crippen LogP contribution in [0.3, 0.4) is 0 Å². The number of Topliss-reactive ketones (excluding diaryl/α,β-unsaturated/α-hetero) is 1. The Bertz CT molecular complexity index is 482. The van der Waals surface area contributed by atoms with Gasteiger partial charge >= 0.3 is 5.97 Å². The Morgan fingerprint density at radius 3 is 2.17 bits per heavy atom. The molecule has 1 atom stereocenters. The number of ether oxygens (including phenoxy) is 2. The van der Waals surface area contributed by atoms with Gasteiger partial charge in [0, 0.05) is 5.56 Å². The number of carbonyl (C=O) groups is 2. The van der Waals surface area contributed by atoms with Crippen molar-refractivity contribution in [3.05, 3.63) is 23.3 Å². The molecule has 0 heterocycles. The smallest absolute Gasteiger partial charge is 0.377 e. The lowest BCUT2D eigenvalue weighted by atomic mass is 10.0. The fraction of sp³-hybridized carbons (Fsp3) is 0.333. The predicted molar refractivity (Wildman–Crippen MR) is 61.0 cm³/mol. The topological polar surface area (TPSA) is 72.8 Å². The van der Waals surface area contributed by atoms with E-state index in [9.17, 15) is 14.0 Å². The summed E-state index contributed by atoms with van der Waals surface area (Å²) >= 11 is 0. The molecule has 0 amide bonds. The summed E-state index contributed by atoms with van der Waals surface area (Å²) in [5.41, 5.74) is 0.0162. The van der Waals surface area contributed by atoms with Gasteiger partial charge in [-0.15, -0.1) is 0 Å². The number of carbonyl (C=O) groups excluding carboxylic acids is 1. The molecular weight excluding hydrogens is 243 g/mol. The molecule has 98 valence electrons. The Balaban J connectivity index is 3.44. The average Bonchev–Trinajstić information content (AvgIpc) is 2.35. The van der Waals surface area contributed by atoms with E-state index in [2.05, 4.69) is 0 Å². The van der Waals surface area contributed by atoms with Crippen LogP contribution in [0.15, 0.2) is 12.1 Å². The molecule has 1 aromatic carbocycles. The first-order chi connectivity index (χ1) is 8.42. The van der Waals surface area contributed by atoms with Crippen molar-refractivity contribution in [1.29, 1.82) is 0 Å². The lowest BCUT2D eigenvalue weighted by Gasteiger charge is -2.14. The third kappa shape index (κ3) is 2.58. The number of methoxy groups -OCH3 is 2. The van der Waals surface area contributed by atoms with Crippen LogP contribution >= 0.6 is 0 Å². The number of hydrogen-bond donors (Lipinski definition) is 1. The molecule has 0 bridgehead atoms. The summed E-state index contributed by atoms with van der Waals surface area (Å²) in [6.45, 7) is 1.30. The molecule has 6 heteroatoms. The van der Waals surface area contributed by atoms with Crippen molar-refractivity contribution in [3.8, 4) is 11.5 Å². The first kappa shape index (κ1) is 14.0. The van der Waals surface area contributed by atoms with Gasteiger partial charge in [0.2, 0.25) is 0 Å². The van der Waals surface area contributed by atoms with Gasteiger partial charge in [0.15, 0.2) is 0 Å². The summed E-state index contributed by atoms with van der Waals surface area (Å²) in [5, 5.41) is 8.68. The molecule has 0 fully saturated rings. The van der Waals surface area contributed by atoms with E-state index in [1.807, 2.05) is 0 Å². The molecule has 0 spiro atoms. The molecule has 1 unspecified atom stereocenters. The summed E-state index contributed by atoms with van der Waals surface area (Å²) in [5.74, 6) is -2.64. The van der Waals surface area contributed by atoms with E-state index < -0.39 is 17.9 Å². The molecule has 0 aliphatic rings. The van der Waals surface area contributed by atoms with Crippen molar-refractivity contribution in [2.45, 2.75) is 13.1 Å². The first-order valence-electron chi connectivity index (χ1n) is 5.10. The van der Waals surface area contributed by atoms with E-state index in [-0.39, 0.29) is 22.6 Å². The van der Waals surface area contributed by atoms with Crippen molar-refractivity contribution in [2.24, 2.45) is 0 Å². The number of rotatable bonds is 5. The Labute approximate surface area is 103 Å². The average molecular weight is 256 g/mol. The lowest BCUT2D eigenvalue weighted by Crippen LogP contribution is -2.14. The monoisotopic (exact) mass is 256 g/mol. The molecule has 1 N–H and O–H groups in total. The second-order valence-corrected chi connectivity index (χ2v) is 3.54. The fourth-order valence-corrected chi connectivity index (χ4v) is 1.52. The summed E-state index contributed by atoms with van der Waals surface area (Å²) in [6.07, 6.45) is -1.33. The van der Waals surface area contributed by atoms with Crippen LogP contribution in [0.25, 0.3) is 0 Å². The summed E-state index contributed by atoms with van der Waals surface area (Å²) in [6, 6.07) is 2.43. The van der Waals surface area contributed by atoms with E-state index in [0.717, 1.165) is 0 Å². The fourth-order valence-electron chi connectivity index (χ4n) is 1.52. The van der Waals surface area contributed by atoms with E-state index in [1.54, 1.807) is 0 Å². The molecule has 0 saturated carbocycles. The summed E-state index contributed by atoms with van der Waals surface area (Å²) < 4.78 is 23.2. The SMILES string of the molecule is COc1cc(C(C)F)c(OC)cc1C(=O)C(=O)O. The van der Waals surface area contributed by atoms with Gasteiger partial charge in [-0.2, -0.15) is 0 Å². The van der Waals surface area contributed by atoms with Crippen LogP contribution in [-0.2, 0) is 4.79 Å². The molecule has 0 aliphatic carbocycles. The zero-order valence-electron chi connectivity index (χ0n) is 10.2. The zero-order chi connectivity index (χ0) is 13.9. The third-order valence-electron chi connectivity index (χ3n) is 2.42. The van der Waals surface area contributed by atoms with Crippen LogP contribution in [0.2, 0.25) is 0 Å². The molecule has 18 heavy (non-hydrogen) atoms. The van der Waals surface area contributed by atoms with Crippen molar-refractivity contribution in [1.82, 2.24) is 0 Å². The highest BCUT2D eigenvalue weighted by molar-refractivity contribution is 6.40. The number of alkyl halides is 1. The van der Waals surface area contributed by atoms with Gasteiger partial charge in [0.05, 0.1) is 19.8 Å². The highest BCUT2D eigenvalue weighted by Gasteiger charge is 2.23. The summed E-state index contributed by atoms with van der Waals surface area (Å²) in [7, 11) is 2.58. The number of benzene rings is 1. The molecular formula is C12H13FO5. The largest absolute Gasteiger partial charge is 0.496 e. The number of carboxylic acids is 1. The molecule has 0 saturated heterocycles. The second kappa shape index (κ2) is 5.48. The predicted octanol–water partition coefficient (Wildman–Crippen LogP) is 2.00. The quantitative estimate of drug-likeness (QED) is 0.644. The van der Waals surface area contributed by atoms with Gasteiger partial charge in [-0.1, -0.05) is 0 Å². The van der Waals surface area contributed by atoms with E-state index in [1.165, 1.54) is 33.3 Å². The van der Waals surface area contributed by atoms with Crippen molar-refractivity contribution < 1.29 is 28.6 Å². The third-order valence-corrected chi connectivity index (χ3v) is 2.42. The van der Waals surface area contributed by atoms with Crippen LogP contribution in [0, 0.1) is 0 Å². The maximum absolute atomic E-state index is 13.4. The van der Waals surface area contributed by atoms with Gasteiger partial charge in [-0.05, 0) is 19.1 Å². The maximum atomic E-state index is 13.4. The number of halogens is 1. The van der Waals surface area contributed by atoms with E-state index >= 15 is 0 Å². The number of ketones is 1. The molecule has 0 radical (unpaired) electrons. The second-order valence-electron chi connectivity index (χ2n) is 3.54. The maximum Gasteiger partial charge on any atom is 0.377 e. The van der Waals surface area contributed by atoms with Crippen LogP contribution in [-0.4, -0.2) is 31.1 Å². The highest BCUT2D eigenvalue weighted by Crippen LogP contribution is 2.34. The van der Waals surface area contributed by atoms with Crippen LogP contribution < -0.4 is 9.47 Å². The Morgan fingerprint density at radius 2 is 1.78 bits per heavy atom. The van der Waals surface area contributed by atoms with Gasteiger partial charge in [-0.25, -0.2) is 9.18 Å². The zero-order valence-corrected chi connectivity index (χ0v) is 10.2. The minimum Gasteiger partial charge on any atom is -0.496 e. The Morgan fingerprint density at radius 1 is 1.22 bits per heavy atom. The Kier molecular flexibility index (Phi) is 4.25. The van der Waals surface area contributed by atoms with Crippen LogP contribution in [0.1, 0.15) is 29.0 Å². The van der Waals surface area contributed by atoms with Gasteiger partial charge < -0.3 is 14.6 Å². The molecule has 5 nitrogen and oxygen atoms in total. The standard InChI is InChI=1S/C12H13FO5/c1-6(13)7-4-10(18-3)8(5-9(7)17-2)11(14)12(15)16/h4-6H,1-3H3,(H,15,16). The molecule has 1 aromatic rings. The first-order valence-corrected chi connectivity index (χ1v) is 5.10. The number of carboxylic acid groups (broad SMARTS) is 1. The van der Waals surface area contributed by atoms with Crippen molar-refractivity contribution in [2.75, 3.05) is 14.2 Å². The lowest BCUT2D eigenvalue weighted by molar-refractivity contribution is -0.131. The normalized spacial score (nSPS) is 11.8. The highest BCUT2D eigenvalue weighted by atomic mass is 19.1. The van der Waals surface area contributed by atoms with Crippen LogP contribution in [0.4, 0.5) is 4.39 Å². The Hall–Kier alpha value is -2.11. The minimum atomic E-state index is -1.61. The van der Waals surface area contributed by atoms with E-state index in [0.29, 0.717) is 0 Å². The minimum absolute atomic E-state index is 0.00250. The van der Waals surface area contributed by atoms with Gasteiger partial charge in [0.1, 0.15) is 17.7 Å². The van der Waals surface area contributed by atoms with Crippen molar-refractivity contribution >= 4 is 11.8 Å². The molecule has 0 aromatic heterocycles. The van der Waals surface area contributed by atoms with Crippen molar-refractivity contribution in [3.63, 3.8) is 0 Å². The summed E-state index contributed by atoms with van der Waals surface area (Å²) in [4.78, 5) is 22.1.